The quantitative estimate of drug-likeness (QED) is 0.491. The Balaban J connectivity index is 1.55. The van der Waals surface area contributed by atoms with Crippen LogP contribution in [0.25, 0.3) is 22.6 Å². The van der Waals surface area contributed by atoms with E-state index < -0.39 is 12.5 Å². The zero-order valence-corrected chi connectivity index (χ0v) is 15.1. The largest absolute Gasteiger partial charge is 0.493 e. The summed E-state index contributed by atoms with van der Waals surface area (Å²) < 4.78 is 39.6. The molecule has 0 aliphatic rings. The topological polar surface area (TPSA) is 89.4 Å². The number of fused-ring (bicyclic) bond motifs is 1. The van der Waals surface area contributed by atoms with Crippen molar-refractivity contribution in [1.82, 2.24) is 9.97 Å². The summed E-state index contributed by atoms with van der Waals surface area (Å²) in [7, 11) is 1.30. The molecular weight excluding hydrogens is 384 g/mol. The fraction of sp³-hybridized carbons (Fsp3) is 0.100. The van der Waals surface area contributed by atoms with Crippen LogP contribution < -0.4 is 14.8 Å². The SMILES string of the molecule is COc1cc(C(=O)Nc2ccc3nc(-c4ccco4)[nH]c3c2)ccc1OC(F)F. The van der Waals surface area contributed by atoms with Gasteiger partial charge in [-0.15, -0.1) is 0 Å². The van der Waals surface area contributed by atoms with Gasteiger partial charge in [-0.1, -0.05) is 0 Å². The minimum Gasteiger partial charge on any atom is -0.493 e. The molecule has 0 aliphatic heterocycles. The minimum absolute atomic E-state index is 0.0325. The number of methoxy groups -OCH3 is 1. The van der Waals surface area contributed by atoms with Crippen molar-refractivity contribution in [3.05, 3.63) is 60.4 Å². The molecule has 0 unspecified atom stereocenters. The van der Waals surface area contributed by atoms with Crippen LogP contribution in [0.2, 0.25) is 0 Å². The summed E-state index contributed by atoms with van der Waals surface area (Å²) in [6, 6.07) is 12.7. The van der Waals surface area contributed by atoms with Crippen LogP contribution in [0.3, 0.4) is 0 Å². The van der Waals surface area contributed by atoms with Gasteiger partial charge in [-0.3, -0.25) is 4.79 Å². The van der Waals surface area contributed by atoms with Crippen LogP contribution in [0, 0.1) is 0 Å². The van der Waals surface area contributed by atoms with Gasteiger partial charge in [0.1, 0.15) is 0 Å². The summed E-state index contributed by atoms with van der Waals surface area (Å²) in [4.78, 5) is 20.1. The molecule has 4 rings (SSSR count). The standard InChI is InChI=1S/C20H15F2N3O4/c1-27-17-9-11(4-7-15(17)29-20(21)22)19(26)23-12-5-6-13-14(10-12)25-18(24-13)16-3-2-8-28-16/h2-10,20H,1H3,(H,23,26)(H,24,25). The molecule has 7 nitrogen and oxygen atoms in total. The molecule has 2 aromatic carbocycles. The molecule has 0 saturated heterocycles. The number of furan rings is 1. The number of anilines is 1. The summed E-state index contributed by atoms with van der Waals surface area (Å²) in [6.07, 6.45) is 1.56. The number of nitrogens with zero attached hydrogens (tertiary/aromatic N) is 1. The smallest absolute Gasteiger partial charge is 0.387 e. The Morgan fingerprint density at radius 1 is 1.17 bits per heavy atom. The van der Waals surface area contributed by atoms with Crippen molar-refractivity contribution < 1.29 is 27.5 Å². The van der Waals surface area contributed by atoms with Gasteiger partial charge in [0.25, 0.3) is 5.91 Å². The van der Waals surface area contributed by atoms with Gasteiger partial charge in [0, 0.05) is 11.3 Å². The number of halogens is 2. The maximum atomic E-state index is 12.5. The number of H-pyrrole nitrogens is 1. The van der Waals surface area contributed by atoms with Gasteiger partial charge in [0.2, 0.25) is 0 Å². The van der Waals surface area contributed by atoms with E-state index in [-0.39, 0.29) is 17.1 Å². The molecule has 0 spiro atoms. The molecule has 4 aromatic rings. The average Bonchev–Trinajstić information content (AvgIpc) is 3.37. The predicted octanol–water partition coefficient (Wildman–Crippen LogP) is 4.69. The van der Waals surface area contributed by atoms with E-state index in [1.165, 1.54) is 25.3 Å². The van der Waals surface area contributed by atoms with Crippen molar-refractivity contribution in [3.8, 4) is 23.1 Å². The highest BCUT2D eigenvalue weighted by Crippen LogP contribution is 2.30. The van der Waals surface area contributed by atoms with Gasteiger partial charge in [0.05, 0.1) is 24.4 Å². The summed E-state index contributed by atoms with van der Waals surface area (Å²) in [5.41, 5.74) is 2.19. The number of alkyl halides is 2. The number of rotatable bonds is 6. The lowest BCUT2D eigenvalue weighted by atomic mass is 10.1. The average molecular weight is 399 g/mol. The maximum absolute atomic E-state index is 12.5. The fourth-order valence-corrected chi connectivity index (χ4v) is 2.82. The van der Waals surface area contributed by atoms with Crippen molar-refractivity contribution >= 4 is 22.6 Å². The van der Waals surface area contributed by atoms with Crippen LogP contribution in [-0.2, 0) is 0 Å². The highest BCUT2D eigenvalue weighted by atomic mass is 19.3. The van der Waals surface area contributed by atoms with Gasteiger partial charge in [0.15, 0.2) is 23.1 Å². The molecule has 0 fully saturated rings. The number of hydrogen-bond donors (Lipinski definition) is 2. The molecule has 9 heteroatoms. The van der Waals surface area contributed by atoms with Crippen LogP contribution in [0.4, 0.5) is 14.5 Å². The first-order valence-electron chi connectivity index (χ1n) is 8.51. The summed E-state index contributed by atoms with van der Waals surface area (Å²) in [6.45, 7) is -2.99. The molecule has 29 heavy (non-hydrogen) atoms. The Morgan fingerprint density at radius 3 is 2.76 bits per heavy atom. The lowest BCUT2D eigenvalue weighted by Gasteiger charge is -2.11. The molecule has 148 valence electrons. The van der Waals surface area contributed by atoms with Gasteiger partial charge >= 0.3 is 6.61 Å². The van der Waals surface area contributed by atoms with Gasteiger partial charge in [-0.25, -0.2) is 4.98 Å². The van der Waals surface area contributed by atoms with E-state index in [1.54, 1.807) is 36.6 Å². The molecular formula is C20H15F2N3O4. The third-order valence-electron chi connectivity index (χ3n) is 4.14. The van der Waals surface area contributed by atoms with Crippen molar-refractivity contribution in [3.63, 3.8) is 0 Å². The van der Waals surface area contributed by atoms with Gasteiger partial charge < -0.3 is 24.2 Å². The Hall–Kier alpha value is -3.88. The molecule has 0 saturated carbocycles. The lowest BCUT2D eigenvalue weighted by molar-refractivity contribution is -0.0512. The summed E-state index contributed by atoms with van der Waals surface area (Å²) in [5.74, 6) is 0.628. The van der Waals surface area contributed by atoms with Crippen LogP contribution in [0.1, 0.15) is 10.4 Å². The first-order chi connectivity index (χ1) is 14.0. The molecule has 0 radical (unpaired) electrons. The number of imidazole rings is 1. The Morgan fingerprint density at radius 2 is 2.03 bits per heavy atom. The highest BCUT2D eigenvalue weighted by Gasteiger charge is 2.15. The number of nitrogens with one attached hydrogen (secondary N) is 2. The van der Waals surface area contributed by atoms with E-state index in [9.17, 15) is 13.6 Å². The minimum atomic E-state index is -2.99. The number of benzene rings is 2. The van der Waals surface area contributed by atoms with Crippen molar-refractivity contribution in [2.45, 2.75) is 6.61 Å². The zero-order chi connectivity index (χ0) is 20.4. The predicted molar refractivity (Wildman–Crippen MR) is 101 cm³/mol. The van der Waals surface area contributed by atoms with Crippen molar-refractivity contribution in [1.29, 1.82) is 0 Å². The third kappa shape index (κ3) is 3.88. The maximum Gasteiger partial charge on any atom is 0.387 e. The summed E-state index contributed by atoms with van der Waals surface area (Å²) >= 11 is 0. The van der Waals surface area contributed by atoms with Crippen LogP contribution in [0.5, 0.6) is 11.5 Å². The van der Waals surface area contributed by atoms with E-state index in [1.807, 2.05) is 0 Å². The number of carbonyl (C=O) groups is 1. The number of carbonyl (C=O) groups excluding carboxylic acids is 1. The van der Waals surface area contributed by atoms with E-state index in [2.05, 4.69) is 20.0 Å². The molecule has 0 atom stereocenters. The number of aromatic nitrogens is 2. The van der Waals surface area contributed by atoms with E-state index in [4.69, 9.17) is 9.15 Å². The number of aromatic amines is 1. The molecule has 1 amide bonds. The second-order valence-corrected chi connectivity index (χ2v) is 5.99. The first kappa shape index (κ1) is 18.5. The Kier molecular flexibility index (Phi) is 4.86. The number of amides is 1. The lowest BCUT2D eigenvalue weighted by Crippen LogP contribution is -2.12. The highest BCUT2D eigenvalue weighted by molar-refractivity contribution is 6.05. The van der Waals surface area contributed by atoms with E-state index in [0.29, 0.717) is 28.3 Å². The first-order valence-corrected chi connectivity index (χ1v) is 8.51. The zero-order valence-electron chi connectivity index (χ0n) is 15.1. The third-order valence-corrected chi connectivity index (χ3v) is 4.14. The molecule has 0 aliphatic carbocycles. The van der Waals surface area contributed by atoms with Crippen molar-refractivity contribution in [2.24, 2.45) is 0 Å². The van der Waals surface area contributed by atoms with Crippen molar-refractivity contribution in [2.75, 3.05) is 12.4 Å². The number of ether oxygens (including phenoxy) is 2. The second kappa shape index (κ2) is 7.63. The number of hydrogen-bond acceptors (Lipinski definition) is 5. The van der Waals surface area contributed by atoms with Gasteiger partial charge in [-0.2, -0.15) is 8.78 Å². The molecule has 0 bridgehead atoms. The van der Waals surface area contributed by atoms with Crippen LogP contribution in [-0.4, -0.2) is 29.6 Å². The van der Waals surface area contributed by atoms with E-state index >= 15 is 0 Å². The molecule has 2 N–H and O–H groups in total. The summed E-state index contributed by atoms with van der Waals surface area (Å²) in [5, 5.41) is 2.75. The van der Waals surface area contributed by atoms with Crippen LogP contribution in [0.15, 0.2) is 59.2 Å². The van der Waals surface area contributed by atoms with E-state index in [0.717, 1.165) is 0 Å². The monoisotopic (exact) mass is 399 g/mol. The molecule has 2 aromatic heterocycles. The normalized spacial score (nSPS) is 11.0. The molecule has 2 heterocycles. The second-order valence-electron chi connectivity index (χ2n) is 5.99. The Bertz CT molecular complexity index is 1160. The Labute approximate surface area is 163 Å². The van der Waals surface area contributed by atoms with Crippen LogP contribution >= 0.6 is 0 Å². The van der Waals surface area contributed by atoms with Gasteiger partial charge in [-0.05, 0) is 48.5 Å². The fourth-order valence-electron chi connectivity index (χ4n) is 2.82.